The van der Waals surface area contributed by atoms with Gasteiger partial charge in [0.1, 0.15) is 0 Å². The normalized spacial score (nSPS) is 11.8. The van der Waals surface area contributed by atoms with E-state index < -0.39 is 10.0 Å². The van der Waals surface area contributed by atoms with Crippen molar-refractivity contribution in [1.82, 2.24) is 9.55 Å². The Labute approximate surface area is 186 Å². The van der Waals surface area contributed by atoms with Crippen LogP contribution in [0.3, 0.4) is 0 Å². The number of sulfonamides is 1. The van der Waals surface area contributed by atoms with Gasteiger partial charge in [-0.2, -0.15) is 0 Å². The third-order valence-electron chi connectivity index (χ3n) is 3.95. The number of halogens is 3. The molecule has 0 aliphatic heterocycles. The van der Waals surface area contributed by atoms with Gasteiger partial charge in [0, 0.05) is 6.54 Å². The molecule has 12 heteroatoms. The average molecular weight is 494 g/mol. The zero-order valence-corrected chi connectivity index (χ0v) is 18.8. The van der Waals surface area contributed by atoms with E-state index in [-0.39, 0.29) is 26.6 Å². The predicted molar refractivity (Wildman–Crippen MR) is 118 cm³/mol. The summed E-state index contributed by atoms with van der Waals surface area (Å²) in [4.78, 5) is 16.8. The maximum absolute atomic E-state index is 12.3. The van der Waals surface area contributed by atoms with Gasteiger partial charge in [-0.05, 0) is 37.3 Å². The Hall–Kier alpha value is -1.49. The van der Waals surface area contributed by atoms with Crippen molar-refractivity contribution in [2.24, 2.45) is 5.14 Å². The number of fused-ring (bicyclic) bond motifs is 1. The average Bonchev–Trinajstić information content (AvgIpc) is 3.00. The molecule has 2 aromatic carbocycles. The lowest BCUT2D eigenvalue weighted by Gasteiger charge is -2.09. The highest BCUT2D eigenvalue weighted by Crippen LogP contribution is 2.32. The summed E-state index contributed by atoms with van der Waals surface area (Å²) in [6, 6.07) is 7.42. The molecule has 0 radical (unpaired) electrons. The van der Waals surface area contributed by atoms with E-state index in [4.69, 9.17) is 39.9 Å². The van der Waals surface area contributed by atoms with Crippen molar-refractivity contribution in [1.29, 1.82) is 0 Å². The number of nitrogens with zero attached hydrogens (tertiary/aromatic N) is 2. The second-order valence-corrected chi connectivity index (χ2v) is 9.64. The quantitative estimate of drug-likeness (QED) is 0.391. The van der Waals surface area contributed by atoms with Crippen LogP contribution in [0.4, 0.5) is 5.69 Å². The molecular weight excluding hydrogens is 479 g/mol. The molecule has 3 rings (SSSR count). The van der Waals surface area contributed by atoms with Crippen molar-refractivity contribution in [2.45, 2.75) is 23.5 Å². The van der Waals surface area contributed by atoms with Gasteiger partial charge in [-0.1, -0.05) is 46.6 Å². The van der Waals surface area contributed by atoms with Crippen LogP contribution in [0.5, 0.6) is 0 Å². The van der Waals surface area contributed by atoms with E-state index in [9.17, 15) is 13.2 Å². The minimum absolute atomic E-state index is 0.0192. The summed E-state index contributed by atoms with van der Waals surface area (Å²) in [6.45, 7) is 2.52. The van der Waals surface area contributed by atoms with Crippen molar-refractivity contribution >= 4 is 79.2 Å². The Morgan fingerprint density at radius 2 is 1.86 bits per heavy atom. The van der Waals surface area contributed by atoms with Gasteiger partial charge < -0.3 is 9.88 Å². The Kier molecular flexibility index (Phi) is 6.67. The predicted octanol–water partition coefficient (Wildman–Crippen LogP) is 4.39. The molecule has 0 aliphatic carbocycles. The number of nitrogens with one attached hydrogen (secondary N) is 1. The van der Waals surface area contributed by atoms with Gasteiger partial charge in [0.15, 0.2) is 5.16 Å². The lowest BCUT2D eigenvalue weighted by molar-refractivity contribution is -0.113. The molecular formula is C17H15Cl3N4O3S2. The molecule has 29 heavy (non-hydrogen) atoms. The largest absolute Gasteiger partial charge is 0.324 e. The van der Waals surface area contributed by atoms with Gasteiger partial charge in [0.25, 0.3) is 0 Å². The molecule has 0 bridgehead atoms. The lowest BCUT2D eigenvalue weighted by atomic mass is 10.3. The first-order valence-electron chi connectivity index (χ1n) is 8.20. The third kappa shape index (κ3) is 4.99. The maximum Gasteiger partial charge on any atom is 0.238 e. The molecule has 0 saturated heterocycles. The Bertz CT molecular complexity index is 1210. The number of imidazole rings is 1. The number of nitrogens with two attached hydrogens (primary N) is 1. The van der Waals surface area contributed by atoms with Crippen molar-refractivity contribution in [2.75, 3.05) is 11.1 Å². The fourth-order valence-corrected chi connectivity index (χ4v) is 4.62. The van der Waals surface area contributed by atoms with Crippen LogP contribution in [0, 0.1) is 0 Å². The van der Waals surface area contributed by atoms with Crippen LogP contribution in [0.25, 0.3) is 11.0 Å². The van der Waals surface area contributed by atoms with Gasteiger partial charge in [0.2, 0.25) is 15.9 Å². The van der Waals surface area contributed by atoms with Gasteiger partial charge in [-0.3, -0.25) is 4.79 Å². The van der Waals surface area contributed by atoms with Crippen LogP contribution >= 0.6 is 46.6 Å². The van der Waals surface area contributed by atoms with Crippen LogP contribution in [0.15, 0.2) is 40.4 Å². The molecule has 1 heterocycles. The van der Waals surface area contributed by atoms with Crippen molar-refractivity contribution < 1.29 is 13.2 Å². The van der Waals surface area contributed by atoms with Crippen molar-refractivity contribution in [3.8, 4) is 0 Å². The van der Waals surface area contributed by atoms with Crippen LogP contribution in [-0.2, 0) is 21.4 Å². The number of benzene rings is 2. The van der Waals surface area contributed by atoms with Crippen LogP contribution in [0.2, 0.25) is 15.1 Å². The molecule has 1 aromatic heterocycles. The summed E-state index contributed by atoms with van der Waals surface area (Å²) in [5, 5.41) is 9.27. The minimum atomic E-state index is -3.83. The zero-order chi connectivity index (χ0) is 21.3. The SMILES string of the molecule is CCn1c(SCC(=O)Nc2cc(Cl)c(Cl)cc2Cl)nc2cc(S(N)(=O)=O)ccc21. The van der Waals surface area contributed by atoms with E-state index in [2.05, 4.69) is 10.3 Å². The molecule has 0 fully saturated rings. The monoisotopic (exact) mass is 492 g/mol. The number of amides is 1. The summed E-state index contributed by atoms with van der Waals surface area (Å²) in [5.41, 5.74) is 1.58. The number of anilines is 1. The number of carbonyl (C=O) groups is 1. The van der Waals surface area contributed by atoms with Crippen molar-refractivity contribution in [3.05, 3.63) is 45.4 Å². The molecule has 7 nitrogen and oxygen atoms in total. The smallest absolute Gasteiger partial charge is 0.238 e. The number of hydrogen-bond donors (Lipinski definition) is 2. The number of aryl methyl sites for hydroxylation is 1. The van der Waals surface area contributed by atoms with Crippen LogP contribution in [-0.4, -0.2) is 29.6 Å². The maximum atomic E-state index is 12.3. The number of carbonyl (C=O) groups excluding carboxylic acids is 1. The standard InChI is InChI=1S/C17H15Cl3N4O3S2/c1-2-24-15-4-3-9(29(21,26)27)5-14(15)23-17(24)28-8-16(25)22-13-7-11(19)10(18)6-12(13)20/h3-7H,2,8H2,1H3,(H,22,25)(H2,21,26,27). The molecule has 0 aliphatic rings. The van der Waals surface area contributed by atoms with Gasteiger partial charge in [-0.15, -0.1) is 0 Å². The summed E-state index contributed by atoms with van der Waals surface area (Å²) in [5.74, 6) is -0.252. The topological polar surface area (TPSA) is 107 Å². The number of hydrogen-bond acceptors (Lipinski definition) is 5. The van der Waals surface area contributed by atoms with E-state index in [1.165, 1.54) is 36.0 Å². The molecule has 3 N–H and O–H groups in total. The minimum Gasteiger partial charge on any atom is -0.324 e. The van der Waals surface area contributed by atoms with Crippen LogP contribution in [0.1, 0.15) is 6.92 Å². The molecule has 0 unspecified atom stereocenters. The molecule has 154 valence electrons. The number of thioether (sulfide) groups is 1. The summed E-state index contributed by atoms with van der Waals surface area (Å²) >= 11 is 19.1. The number of primary sulfonamides is 1. The first-order chi connectivity index (χ1) is 13.6. The Morgan fingerprint density at radius 3 is 2.52 bits per heavy atom. The zero-order valence-electron chi connectivity index (χ0n) is 14.9. The Morgan fingerprint density at radius 1 is 1.17 bits per heavy atom. The van der Waals surface area contributed by atoms with E-state index in [0.717, 1.165) is 5.52 Å². The Balaban J connectivity index is 1.79. The number of rotatable bonds is 6. The molecule has 1 amide bonds. The first kappa shape index (κ1) is 22.2. The summed E-state index contributed by atoms with van der Waals surface area (Å²) in [7, 11) is -3.83. The fourth-order valence-electron chi connectivity index (χ4n) is 2.61. The van der Waals surface area contributed by atoms with Crippen molar-refractivity contribution in [3.63, 3.8) is 0 Å². The van der Waals surface area contributed by atoms with E-state index in [1.54, 1.807) is 6.07 Å². The molecule has 0 saturated carbocycles. The number of aromatic nitrogens is 2. The molecule has 0 atom stereocenters. The highest BCUT2D eigenvalue weighted by atomic mass is 35.5. The highest BCUT2D eigenvalue weighted by Gasteiger charge is 2.16. The first-order valence-corrected chi connectivity index (χ1v) is 11.9. The van der Waals surface area contributed by atoms with Gasteiger partial charge >= 0.3 is 0 Å². The summed E-state index contributed by atoms with van der Waals surface area (Å²) < 4.78 is 25.0. The highest BCUT2D eigenvalue weighted by molar-refractivity contribution is 7.99. The van der Waals surface area contributed by atoms with Gasteiger partial charge in [-0.25, -0.2) is 18.5 Å². The second kappa shape index (κ2) is 8.71. The summed E-state index contributed by atoms with van der Waals surface area (Å²) in [6.07, 6.45) is 0. The third-order valence-corrected chi connectivity index (χ3v) is 6.87. The van der Waals surface area contributed by atoms with E-state index >= 15 is 0 Å². The molecule has 0 spiro atoms. The fraction of sp³-hybridized carbons (Fsp3) is 0.176. The van der Waals surface area contributed by atoms with Gasteiger partial charge in [0.05, 0.1) is 42.4 Å². The van der Waals surface area contributed by atoms with E-state index in [0.29, 0.717) is 27.9 Å². The lowest BCUT2D eigenvalue weighted by Crippen LogP contribution is -2.15. The second-order valence-electron chi connectivity index (χ2n) is 5.92. The van der Waals surface area contributed by atoms with Crippen LogP contribution < -0.4 is 10.5 Å². The van der Waals surface area contributed by atoms with E-state index in [1.807, 2.05) is 11.5 Å². The molecule has 3 aromatic rings.